The molecule has 0 bridgehead atoms. The highest BCUT2D eigenvalue weighted by Gasteiger charge is 2.24. The van der Waals surface area contributed by atoms with Crippen LogP contribution in [0.25, 0.3) is 41.8 Å². The van der Waals surface area contributed by atoms with E-state index in [4.69, 9.17) is 31.2 Å². The molecule has 0 saturated carbocycles. The van der Waals surface area contributed by atoms with Crippen LogP contribution in [0.2, 0.25) is 0 Å². The molecule has 2 N–H and O–H groups in total. The summed E-state index contributed by atoms with van der Waals surface area (Å²) in [5.74, 6) is -0.642. The number of azide groups is 4. The van der Waals surface area contributed by atoms with Crippen LogP contribution in [0.5, 0.6) is 0 Å². The van der Waals surface area contributed by atoms with E-state index < -0.39 is 57.8 Å². The van der Waals surface area contributed by atoms with Gasteiger partial charge < -0.3 is 9.11 Å². The summed E-state index contributed by atoms with van der Waals surface area (Å²) in [7, 11) is 2.25. The van der Waals surface area contributed by atoms with Gasteiger partial charge in [-0.15, -0.1) is 0 Å². The molecule has 0 aliphatic rings. The second kappa shape index (κ2) is 16.1. The third-order valence-corrected chi connectivity index (χ3v) is 6.57. The first kappa shape index (κ1) is 26.2. The summed E-state index contributed by atoms with van der Waals surface area (Å²) >= 11 is -4.54. The zero-order valence-electron chi connectivity index (χ0n) is 13.8. The van der Waals surface area contributed by atoms with Crippen LogP contribution in [0.15, 0.2) is 20.5 Å². The lowest BCUT2D eigenvalue weighted by Gasteiger charge is -2.19. The quantitative estimate of drug-likeness (QED) is 0.0900. The van der Waals surface area contributed by atoms with Gasteiger partial charge in [-0.05, 0) is 22.1 Å². The smallest absolute Gasteiger partial charge is 0.153 e. The zero-order valence-corrected chi connectivity index (χ0v) is 17.1. The first-order chi connectivity index (χ1) is 13.4. The van der Waals surface area contributed by atoms with Crippen molar-refractivity contribution in [1.29, 1.82) is 0 Å². The maximum atomic E-state index is 11.0. The molecule has 0 radical (unpaired) electrons. The van der Waals surface area contributed by atoms with Gasteiger partial charge in [0.2, 0.25) is 0 Å². The molecule has 20 heteroatoms. The van der Waals surface area contributed by atoms with E-state index in [1.165, 1.54) is 0 Å². The van der Waals surface area contributed by atoms with Crippen LogP contribution in [-0.2, 0) is 22.2 Å². The van der Waals surface area contributed by atoms with E-state index in [9.17, 15) is 8.42 Å². The number of nitrogens with zero attached hydrogens (tertiary/aromatic N) is 12. The van der Waals surface area contributed by atoms with Crippen molar-refractivity contribution in [2.75, 3.05) is 23.0 Å². The van der Waals surface area contributed by atoms with Crippen LogP contribution in [-0.4, -0.2) is 64.7 Å². The first-order valence-electron chi connectivity index (χ1n) is 6.95. The molecule has 6 atom stereocenters. The van der Waals surface area contributed by atoms with Crippen molar-refractivity contribution < 1.29 is 17.5 Å². The molecule has 0 aromatic carbocycles. The highest BCUT2D eigenvalue weighted by atomic mass is 33.1. The molecule has 0 aliphatic heterocycles. The standard InChI is InChI=1S/C8H14N12O4S4/c9-17-13-5(7(15-19-11)3-27(21)22)1-25-26-2-6(14-18-10)8(16-20-12)4-28(23)24/h5-8H,1-4H2,(H,21,22)(H,23,24)/t5-,6-,7-,8-/m1/s1. The lowest BCUT2D eigenvalue weighted by Crippen LogP contribution is -2.30. The molecule has 154 valence electrons. The van der Waals surface area contributed by atoms with Crippen LogP contribution in [0.3, 0.4) is 0 Å². The molecule has 0 spiro atoms. The van der Waals surface area contributed by atoms with Crippen LogP contribution >= 0.6 is 21.6 Å². The Morgan fingerprint density at radius 1 is 0.679 bits per heavy atom. The van der Waals surface area contributed by atoms with Gasteiger partial charge in [0.1, 0.15) is 0 Å². The van der Waals surface area contributed by atoms with Gasteiger partial charge in [-0.2, -0.15) is 0 Å². The number of hydrogen-bond donors (Lipinski definition) is 2. The molecule has 0 amide bonds. The van der Waals surface area contributed by atoms with Gasteiger partial charge in [-0.1, -0.05) is 42.0 Å². The predicted octanol–water partition coefficient (Wildman–Crippen LogP) is 3.53. The van der Waals surface area contributed by atoms with Crippen molar-refractivity contribution in [2.24, 2.45) is 20.5 Å². The minimum Gasteiger partial charge on any atom is -0.306 e. The molecule has 0 heterocycles. The van der Waals surface area contributed by atoms with E-state index in [-0.39, 0.29) is 11.5 Å². The Bertz CT molecular complexity index is 680. The lowest BCUT2D eigenvalue weighted by atomic mass is 10.2. The summed E-state index contributed by atoms with van der Waals surface area (Å²) in [6, 6.07) is -3.91. The second-order valence-electron chi connectivity index (χ2n) is 4.63. The van der Waals surface area contributed by atoms with Gasteiger partial charge in [-0.3, -0.25) is 0 Å². The summed E-state index contributed by atoms with van der Waals surface area (Å²) in [4.78, 5) is 10.4. The minimum absolute atomic E-state index is 0.0940. The van der Waals surface area contributed by atoms with E-state index in [0.717, 1.165) is 21.6 Å². The monoisotopic (exact) mass is 470 g/mol. The zero-order chi connectivity index (χ0) is 21.4. The van der Waals surface area contributed by atoms with Crippen molar-refractivity contribution in [2.45, 2.75) is 24.2 Å². The summed E-state index contributed by atoms with van der Waals surface area (Å²) in [6.07, 6.45) is 0. The normalized spacial score (nSPS) is 16.5. The highest BCUT2D eigenvalue weighted by molar-refractivity contribution is 8.76. The summed E-state index contributed by atoms with van der Waals surface area (Å²) in [5.41, 5.74) is 34.4. The maximum absolute atomic E-state index is 11.0. The van der Waals surface area contributed by atoms with Gasteiger partial charge in [0.15, 0.2) is 22.2 Å². The molecule has 28 heavy (non-hydrogen) atoms. The Morgan fingerprint density at radius 3 is 1.21 bits per heavy atom. The molecule has 16 nitrogen and oxygen atoms in total. The van der Waals surface area contributed by atoms with Crippen molar-refractivity contribution in [1.82, 2.24) is 0 Å². The number of rotatable bonds is 15. The fourth-order valence-corrected chi connectivity index (χ4v) is 5.30. The average molecular weight is 471 g/mol. The minimum atomic E-state index is -2.27. The van der Waals surface area contributed by atoms with Crippen LogP contribution < -0.4 is 0 Å². The molecule has 0 fully saturated rings. The third-order valence-electron chi connectivity index (χ3n) is 2.88. The second-order valence-corrected chi connectivity index (χ2v) is 9.14. The molecular formula is C8H14N12O4S4. The SMILES string of the molecule is [N-]=[N+]=N[C@H](CSSC[C@@H](N=[N+]=[N-])[C@@H](CS(=O)O)N=[N+]=[N-])[C@@H](CS(=O)O)N=[N+]=[N-]. The van der Waals surface area contributed by atoms with Crippen LogP contribution in [0, 0.1) is 0 Å². The van der Waals surface area contributed by atoms with Gasteiger partial charge in [-0.25, -0.2) is 8.42 Å². The molecule has 0 aromatic heterocycles. The van der Waals surface area contributed by atoms with Crippen LogP contribution in [0.4, 0.5) is 0 Å². The van der Waals surface area contributed by atoms with Crippen molar-refractivity contribution >= 4 is 43.7 Å². The van der Waals surface area contributed by atoms with Crippen molar-refractivity contribution in [3.8, 4) is 0 Å². The third kappa shape index (κ3) is 11.8. The van der Waals surface area contributed by atoms with Gasteiger partial charge in [0.25, 0.3) is 0 Å². The molecular weight excluding hydrogens is 456 g/mol. The highest BCUT2D eigenvalue weighted by Crippen LogP contribution is 2.28. The molecule has 0 aromatic rings. The van der Waals surface area contributed by atoms with Crippen molar-refractivity contribution in [3.05, 3.63) is 41.8 Å². The van der Waals surface area contributed by atoms with Gasteiger partial charge in [0, 0.05) is 31.2 Å². The van der Waals surface area contributed by atoms with E-state index in [2.05, 4.69) is 40.1 Å². The van der Waals surface area contributed by atoms with Gasteiger partial charge in [0.05, 0.1) is 35.7 Å². The summed E-state index contributed by atoms with van der Waals surface area (Å²) in [6.45, 7) is 0. The van der Waals surface area contributed by atoms with Crippen LogP contribution in [0.1, 0.15) is 0 Å². The molecule has 0 saturated heterocycles. The van der Waals surface area contributed by atoms with E-state index in [1.807, 2.05) is 0 Å². The average Bonchev–Trinajstić information content (AvgIpc) is 2.62. The largest absolute Gasteiger partial charge is 0.306 e. The number of hydrogen-bond acceptors (Lipinski definition) is 8. The Morgan fingerprint density at radius 2 is 0.964 bits per heavy atom. The summed E-state index contributed by atoms with van der Waals surface area (Å²) < 4.78 is 39.8. The molecule has 2 unspecified atom stereocenters. The van der Waals surface area contributed by atoms with E-state index in [0.29, 0.717) is 0 Å². The van der Waals surface area contributed by atoms with Gasteiger partial charge >= 0.3 is 0 Å². The Hall–Kier alpha value is -1.84. The first-order valence-corrected chi connectivity index (χ1v) is 12.0. The summed E-state index contributed by atoms with van der Waals surface area (Å²) in [5, 5.41) is 13.7. The Kier molecular flexibility index (Phi) is 15.1. The Labute approximate surface area is 170 Å². The van der Waals surface area contributed by atoms with E-state index >= 15 is 0 Å². The lowest BCUT2D eigenvalue weighted by molar-refractivity contribution is 0.538. The fourth-order valence-electron chi connectivity index (χ4n) is 1.68. The molecule has 0 aliphatic carbocycles. The molecule has 0 rings (SSSR count). The fraction of sp³-hybridized carbons (Fsp3) is 1.00. The topological polar surface area (TPSA) is 270 Å². The van der Waals surface area contributed by atoms with Crippen molar-refractivity contribution in [3.63, 3.8) is 0 Å². The maximum Gasteiger partial charge on any atom is 0.153 e. The van der Waals surface area contributed by atoms with E-state index in [1.54, 1.807) is 0 Å². The Balaban J connectivity index is 5.01. The predicted molar refractivity (Wildman–Crippen MR) is 108 cm³/mol.